The lowest BCUT2D eigenvalue weighted by molar-refractivity contribution is 1.02. The van der Waals surface area contributed by atoms with Gasteiger partial charge in [0.15, 0.2) is 0 Å². The standard InChI is InChI=1S/C8H11IN2/c9-7-3-1-2-4-8(7)11-6-5-10/h1-4,11H,5-6,10H2. The predicted molar refractivity (Wildman–Crippen MR) is 56.7 cm³/mol. The van der Waals surface area contributed by atoms with Gasteiger partial charge >= 0.3 is 0 Å². The average Bonchev–Trinajstić information content (AvgIpc) is 2.03. The smallest absolute Gasteiger partial charge is 0.0476 e. The zero-order valence-electron chi connectivity index (χ0n) is 6.18. The van der Waals surface area contributed by atoms with E-state index in [0.717, 1.165) is 6.54 Å². The second-order valence-electron chi connectivity index (χ2n) is 2.20. The quantitative estimate of drug-likeness (QED) is 0.813. The van der Waals surface area contributed by atoms with Crippen LogP contribution in [0.25, 0.3) is 0 Å². The van der Waals surface area contributed by atoms with Crippen LogP contribution in [0.4, 0.5) is 5.69 Å². The predicted octanol–water partition coefficient (Wildman–Crippen LogP) is 1.66. The Bertz CT molecular complexity index is 225. The maximum Gasteiger partial charge on any atom is 0.0476 e. The first-order valence-electron chi connectivity index (χ1n) is 3.53. The van der Waals surface area contributed by atoms with Crippen molar-refractivity contribution in [1.29, 1.82) is 0 Å². The van der Waals surface area contributed by atoms with Crippen LogP contribution >= 0.6 is 22.6 Å². The van der Waals surface area contributed by atoms with Gasteiger partial charge in [-0.05, 0) is 34.7 Å². The lowest BCUT2D eigenvalue weighted by atomic mass is 10.3. The Kier molecular flexibility index (Phi) is 3.65. The normalized spacial score (nSPS) is 9.64. The molecule has 0 spiro atoms. The first kappa shape index (κ1) is 8.80. The maximum absolute atomic E-state index is 5.36. The molecule has 0 saturated carbocycles. The zero-order chi connectivity index (χ0) is 8.10. The molecule has 0 amide bonds. The van der Waals surface area contributed by atoms with Gasteiger partial charge in [0.25, 0.3) is 0 Å². The van der Waals surface area contributed by atoms with Gasteiger partial charge in [0, 0.05) is 22.3 Å². The number of benzene rings is 1. The van der Waals surface area contributed by atoms with E-state index in [1.807, 2.05) is 12.1 Å². The summed E-state index contributed by atoms with van der Waals surface area (Å²) in [6, 6.07) is 8.16. The molecule has 60 valence electrons. The van der Waals surface area contributed by atoms with Crippen LogP contribution in [0.1, 0.15) is 0 Å². The van der Waals surface area contributed by atoms with E-state index in [0.29, 0.717) is 6.54 Å². The topological polar surface area (TPSA) is 38.0 Å². The molecule has 0 atom stereocenters. The van der Waals surface area contributed by atoms with Gasteiger partial charge in [-0.25, -0.2) is 0 Å². The fourth-order valence-corrected chi connectivity index (χ4v) is 1.39. The Morgan fingerprint density at radius 3 is 2.73 bits per heavy atom. The van der Waals surface area contributed by atoms with Crippen LogP contribution in [0, 0.1) is 3.57 Å². The van der Waals surface area contributed by atoms with Crippen LogP contribution in [0.3, 0.4) is 0 Å². The van der Waals surface area contributed by atoms with E-state index >= 15 is 0 Å². The zero-order valence-corrected chi connectivity index (χ0v) is 8.34. The fourth-order valence-electron chi connectivity index (χ4n) is 0.811. The van der Waals surface area contributed by atoms with Gasteiger partial charge in [0.05, 0.1) is 0 Å². The first-order valence-corrected chi connectivity index (χ1v) is 4.61. The summed E-state index contributed by atoms with van der Waals surface area (Å²) in [7, 11) is 0. The number of anilines is 1. The van der Waals surface area contributed by atoms with Crippen molar-refractivity contribution in [2.24, 2.45) is 5.73 Å². The minimum atomic E-state index is 0.672. The molecular formula is C8H11IN2. The summed E-state index contributed by atoms with van der Waals surface area (Å²) in [6.45, 7) is 1.50. The molecule has 3 N–H and O–H groups in total. The van der Waals surface area contributed by atoms with E-state index in [1.54, 1.807) is 0 Å². The maximum atomic E-state index is 5.36. The highest BCUT2D eigenvalue weighted by molar-refractivity contribution is 14.1. The van der Waals surface area contributed by atoms with E-state index in [2.05, 4.69) is 40.0 Å². The van der Waals surface area contributed by atoms with Crippen molar-refractivity contribution in [3.8, 4) is 0 Å². The molecule has 0 unspecified atom stereocenters. The van der Waals surface area contributed by atoms with Crippen molar-refractivity contribution >= 4 is 28.3 Å². The lowest BCUT2D eigenvalue weighted by Gasteiger charge is -2.05. The molecule has 0 saturated heterocycles. The van der Waals surface area contributed by atoms with Gasteiger partial charge in [0.2, 0.25) is 0 Å². The van der Waals surface area contributed by atoms with E-state index in [1.165, 1.54) is 9.26 Å². The molecule has 0 aromatic heterocycles. The van der Waals surface area contributed by atoms with Crippen molar-refractivity contribution < 1.29 is 0 Å². The largest absolute Gasteiger partial charge is 0.383 e. The number of hydrogen-bond donors (Lipinski definition) is 2. The summed E-state index contributed by atoms with van der Waals surface area (Å²) < 4.78 is 1.23. The van der Waals surface area contributed by atoms with Crippen LogP contribution in [0.2, 0.25) is 0 Å². The summed E-state index contributed by atoms with van der Waals surface area (Å²) in [5, 5.41) is 3.23. The Morgan fingerprint density at radius 1 is 1.36 bits per heavy atom. The second kappa shape index (κ2) is 4.56. The average molecular weight is 262 g/mol. The summed E-state index contributed by atoms with van der Waals surface area (Å²) in [5.41, 5.74) is 6.53. The Balaban J connectivity index is 2.62. The fraction of sp³-hybridized carbons (Fsp3) is 0.250. The van der Waals surface area contributed by atoms with Crippen LogP contribution in [0.15, 0.2) is 24.3 Å². The van der Waals surface area contributed by atoms with Crippen molar-refractivity contribution in [2.45, 2.75) is 0 Å². The third kappa shape index (κ3) is 2.67. The number of halogens is 1. The molecule has 2 nitrogen and oxygen atoms in total. The molecule has 0 aliphatic rings. The summed E-state index contributed by atoms with van der Waals surface area (Å²) in [5.74, 6) is 0. The number of nitrogens with one attached hydrogen (secondary N) is 1. The Morgan fingerprint density at radius 2 is 2.09 bits per heavy atom. The van der Waals surface area contributed by atoms with Gasteiger partial charge in [-0.2, -0.15) is 0 Å². The molecule has 0 bridgehead atoms. The number of rotatable bonds is 3. The van der Waals surface area contributed by atoms with E-state index in [9.17, 15) is 0 Å². The third-order valence-corrected chi connectivity index (χ3v) is 2.27. The molecule has 0 radical (unpaired) electrons. The monoisotopic (exact) mass is 262 g/mol. The summed E-state index contributed by atoms with van der Waals surface area (Å²) >= 11 is 2.30. The molecule has 11 heavy (non-hydrogen) atoms. The summed E-state index contributed by atoms with van der Waals surface area (Å²) in [6.07, 6.45) is 0. The van der Waals surface area contributed by atoms with Crippen LogP contribution in [0.5, 0.6) is 0 Å². The molecule has 0 aliphatic carbocycles. The van der Waals surface area contributed by atoms with Crippen molar-refractivity contribution in [2.75, 3.05) is 18.4 Å². The van der Waals surface area contributed by atoms with Gasteiger partial charge in [-0.3, -0.25) is 0 Å². The van der Waals surface area contributed by atoms with E-state index < -0.39 is 0 Å². The second-order valence-corrected chi connectivity index (χ2v) is 3.36. The minimum Gasteiger partial charge on any atom is -0.383 e. The van der Waals surface area contributed by atoms with Crippen molar-refractivity contribution in [3.63, 3.8) is 0 Å². The molecule has 0 fully saturated rings. The summed E-state index contributed by atoms with van der Waals surface area (Å²) in [4.78, 5) is 0. The lowest BCUT2D eigenvalue weighted by Crippen LogP contribution is -2.13. The van der Waals surface area contributed by atoms with Crippen molar-refractivity contribution in [3.05, 3.63) is 27.8 Å². The number of para-hydroxylation sites is 1. The Labute approximate surface area is 80.3 Å². The van der Waals surface area contributed by atoms with Gasteiger partial charge < -0.3 is 11.1 Å². The van der Waals surface area contributed by atoms with E-state index in [-0.39, 0.29) is 0 Å². The first-order chi connectivity index (χ1) is 5.34. The highest BCUT2D eigenvalue weighted by Gasteiger charge is 1.93. The number of hydrogen-bond acceptors (Lipinski definition) is 2. The number of nitrogens with two attached hydrogens (primary N) is 1. The third-order valence-electron chi connectivity index (χ3n) is 1.33. The molecule has 1 aromatic rings. The Hall–Kier alpha value is -0.290. The van der Waals surface area contributed by atoms with Crippen LogP contribution in [-0.2, 0) is 0 Å². The van der Waals surface area contributed by atoms with E-state index in [4.69, 9.17) is 5.73 Å². The minimum absolute atomic E-state index is 0.672. The molecule has 1 rings (SSSR count). The van der Waals surface area contributed by atoms with Crippen molar-refractivity contribution in [1.82, 2.24) is 0 Å². The molecule has 0 aliphatic heterocycles. The SMILES string of the molecule is NCCNc1ccccc1I. The van der Waals surface area contributed by atoms with Crippen LogP contribution < -0.4 is 11.1 Å². The molecular weight excluding hydrogens is 251 g/mol. The molecule has 3 heteroatoms. The molecule has 1 aromatic carbocycles. The van der Waals surface area contributed by atoms with Crippen LogP contribution in [-0.4, -0.2) is 13.1 Å². The van der Waals surface area contributed by atoms with Gasteiger partial charge in [-0.15, -0.1) is 0 Å². The van der Waals surface area contributed by atoms with Gasteiger partial charge in [0.1, 0.15) is 0 Å². The molecule has 0 heterocycles. The highest BCUT2D eigenvalue weighted by atomic mass is 127. The highest BCUT2D eigenvalue weighted by Crippen LogP contribution is 2.15. The van der Waals surface area contributed by atoms with Gasteiger partial charge in [-0.1, -0.05) is 12.1 Å².